The van der Waals surface area contributed by atoms with Crippen molar-refractivity contribution in [1.29, 1.82) is 0 Å². The Labute approximate surface area is 177 Å². The number of halogens is 3. The molecule has 0 aliphatic rings. The Kier molecular flexibility index (Phi) is 6.25. The lowest BCUT2D eigenvalue weighted by Crippen LogP contribution is -2.22. The van der Waals surface area contributed by atoms with Gasteiger partial charge in [0.2, 0.25) is 5.91 Å². The molecule has 1 aromatic heterocycles. The number of ether oxygens (including phenoxy) is 1. The minimum atomic E-state index is -4.60. The van der Waals surface area contributed by atoms with Crippen LogP contribution < -0.4 is 10.1 Å². The number of esters is 1. The smallest absolute Gasteiger partial charge is 0.416 e. The van der Waals surface area contributed by atoms with Gasteiger partial charge in [-0.1, -0.05) is 17.4 Å². The number of hydrogen-bond donors (Lipinski definition) is 1. The van der Waals surface area contributed by atoms with Gasteiger partial charge in [0.15, 0.2) is 4.80 Å². The second-order valence-corrected chi connectivity index (χ2v) is 7.42. The van der Waals surface area contributed by atoms with E-state index in [-0.39, 0.29) is 22.8 Å². The lowest BCUT2D eigenvalue weighted by Gasteiger charge is -2.07. The van der Waals surface area contributed by atoms with Crippen molar-refractivity contribution in [2.24, 2.45) is 4.99 Å². The molecule has 11 heteroatoms. The SMILES string of the molecule is COC(=O)Cn1c(=NC(=O)c2cccc(C(F)(F)F)c2)sc2cc(NC(C)=O)ccc21. The van der Waals surface area contributed by atoms with Gasteiger partial charge in [-0.05, 0) is 36.4 Å². The van der Waals surface area contributed by atoms with Crippen LogP contribution in [0.1, 0.15) is 22.8 Å². The molecule has 0 saturated heterocycles. The zero-order valence-corrected chi connectivity index (χ0v) is 17.1. The Morgan fingerprint density at radius 2 is 1.90 bits per heavy atom. The quantitative estimate of drug-likeness (QED) is 0.614. The molecular formula is C20H16F3N3O4S. The van der Waals surface area contributed by atoms with Crippen molar-refractivity contribution in [3.05, 3.63) is 58.4 Å². The van der Waals surface area contributed by atoms with Gasteiger partial charge < -0.3 is 14.6 Å². The molecule has 1 heterocycles. The molecular weight excluding hydrogens is 435 g/mol. The van der Waals surface area contributed by atoms with E-state index >= 15 is 0 Å². The molecule has 3 aromatic rings. The third-order valence-electron chi connectivity index (χ3n) is 4.15. The van der Waals surface area contributed by atoms with Crippen LogP contribution in [-0.4, -0.2) is 29.5 Å². The highest BCUT2D eigenvalue weighted by Gasteiger charge is 2.30. The molecule has 7 nitrogen and oxygen atoms in total. The molecule has 0 atom stereocenters. The van der Waals surface area contributed by atoms with Crippen LogP contribution in [0.2, 0.25) is 0 Å². The molecule has 2 aromatic carbocycles. The predicted octanol–water partition coefficient (Wildman–Crippen LogP) is 3.59. The third-order valence-corrected chi connectivity index (χ3v) is 5.19. The number of nitrogens with one attached hydrogen (secondary N) is 1. The van der Waals surface area contributed by atoms with E-state index in [0.29, 0.717) is 15.9 Å². The highest BCUT2D eigenvalue weighted by molar-refractivity contribution is 7.16. The Hall–Kier alpha value is -3.47. The average Bonchev–Trinajstić information content (AvgIpc) is 3.03. The number of anilines is 1. The molecule has 0 aliphatic heterocycles. The molecule has 0 spiro atoms. The molecule has 0 fully saturated rings. The number of hydrogen-bond acceptors (Lipinski definition) is 5. The lowest BCUT2D eigenvalue weighted by atomic mass is 10.1. The predicted molar refractivity (Wildman–Crippen MR) is 107 cm³/mol. The highest BCUT2D eigenvalue weighted by Crippen LogP contribution is 2.29. The van der Waals surface area contributed by atoms with Crippen LogP contribution in [0.3, 0.4) is 0 Å². The summed E-state index contributed by atoms with van der Waals surface area (Å²) in [5.41, 5.74) is -0.162. The van der Waals surface area contributed by atoms with Gasteiger partial charge in [0.25, 0.3) is 5.91 Å². The highest BCUT2D eigenvalue weighted by atomic mass is 32.1. The van der Waals surface area contributed by atoms with E-state index in [9.17, 15) is 27.6 Å². The van der Waals surface area contributed by atoms with Crippen LogP contribution in [0.15, 0.2) is 47.5 Å². The minimum Gasteiger partial charge on any atom is -0.468 e. The summed E-state index contributed by atoms with van der Waals surface area (Å²) >= 11 is 1.04. The number of carbonyl (C=O) groups excluding carboxylic acids is 3. The van der Waals surface area contributed by atoms with Gasteiger partial charge in [0.1, 0.15) is 6.54 Å². The molecule has 31 heavy (non-hydrogen) atoms. The van der Waals surface area contributed by atoms with Crippen LogP contribution in [-0.2, 0) is 27.0 Å². The summed E-state index contributed by atoms with van der Waals surface area (Å²) in [4.78, 5) is 39.8. The number of fused-ring (bicyclic) bond motifs is 1. The van der Waals surface area contributed by atoms with E-state index in [0.717, 1.165) is 29.5 Å². The van der Waals surface area contributed by atoms with E-state index in [1.807, 2.05) is 0 Å². The lowest BCUT2D eigenvalue weighted by molar-refractivity contribution is -0.141. The number of nitrogens with zero attached hydrogens (tertiary/aromatic N) is 2. The zero-order chi connectivity index (χ0) is 22.8. The number of rotatable bonds is 4. The van der Waals surface area contributed by atoms with Crippen molar-refractivity contribution in [3.63, 3.8) is 0 Å². The number of methoxy groups -OCH3 is 1. The zero-order valence-electron chi connectivity index (χ0n) is 16.3. The Balaban J connectivity index is 2.11. The monoisotopic (exact) mass is 451 g/mol. The molecule has 0 bridgehead atoms. The van der Waals surface area contributed by atoms with Gasteiger partial charge >= 0.3 is 12.1 Å². The van der Waals surface area contributed by atoms with E-state index in [4.69, 9.17) is 0 Å². The minimum absolute atomic E-state index is 0.0998. The summed E-state index contributed by atoms with van der Waals surface area (Å²) in [5, 5.41) is 2.63. The van der Waals surface area contributed by atoms with Crippen LogP contribution in [0.4, 0.5) is 18.9 Å². The summed E-state index contributed by atoms with van der Waals surface area (Å²) < 4.78 is 45.6. The van der Waals surface area contributed by atoms with Gasteiger partial charge in [-0.3, -0.25) is 14.4 Å². The van der Waals surface area contributed by atoms with Crippen molar-refractivity contribution in [2.45, 2.75) is 19.6 Å². The Bertz CT molecular complexity index is 1240. The molecule has 0 radical (unpaired) electrons. The van der Waals surface area contributed by atoms with Gasteiger partial charge in [0.05, 0.1) is 22.9 Å². The van der Waals surface area contributed by atoms with E-state index < -0.39 is 23.6 Å². The van der Waals surface area contributed by atoms with E-state index in [1.165, 1.54) is 24.7 Å². The maximum Gasteiger partial charge on any atom is 0.416 e. The van der Waals surface area contributed by atoms with Crippen molar-refractivity contribution >= 4 is 45.0 Å². The molecule has 2 amide bonds. The van der Waals surface area contributed by atoms with Crippen molar-refractivity contribution in [3.8, 4) is 0 Å². The van der Waals surface area contributed by atoms with Gasteiger partial charge in [-0.15, -0.1) is 0 Å². The summed E-state index contributed by atoms with van der Waals surface area (Å²) in [7, 11) is 1.21. The third kappa shape index (κ3) is 5.18. The van der Waals surface area contributed by atoms with Crippen molar-refractivity contribution in [2.75, 3.05) is 12.4 Å². The second kappa shape index (κ2) is 8.72. The summed E-state index contributed by atoms with van der Waals surface area (Å²) in [6, 6.07) is 8.82. The number of aromatic nitrogens is 1. The number of thiazole rings is 1. The largest absolute Gasteiger partial charge is 0.468 e. The second-order valence-electron chi connectivity index (χ2n) is 6.41. The van der Waals surface area contributed by atoms with E-state index in [2.05, 4.69) is 15.0 Å². The molecule has 162 valence electrons. The van der Waals surface area contributed by atoms with Crippen molar-refractivity contribution < 1.29 is 32.3 Å². The summed E-state index contributed by atoms with van der Waals surface area (Å²) in [6.07, 6.45) is -4.60. The standard InChI is InChI=1S/C20H16F3N3O4S/c1-11(27)24-14-6-7-15-16(9-14)31-19(26(15)10-17(28)30-2)25-18(29)12-4-3-5-13(8-12)20(21,22)23/h3-9H,10H2,1-2H3,(H,24,27). The molecule has 1 N–H and O–H groups in total. The number of alkyl halides is 3. The number of benzene rings is 2. The summed E-state index contributed by atoms with van der Waals surface area (Å²) in [6.45, 7) is 1.09. The molecule has 0 saturated carbocycles. The van der Waals surface area contributed by atoms with Gasteiger partial charge in [0, 0.05) is 18.2 Å². The Morgan fingerprint density at radius 3 is 2.55 bits per heavy atom. The Morgan fingerprint density at radius 1 is 1.16 bits per heavy atom. The topological polar surface area (TPSA) is 89.8 Å². The van der Waals surface area contributed by atoms with Crippen LogP contribution >= 0.6 is 11.3 Å². The maximum atomic E-state index is 12.9. The fourth-order valence-corrected chi connectivity index (χ4v) is 3.83. The molecule has 0 aliphatic carbocycles. The maximum absolute atomic E-state index is 12.9. The first-order valence-corrected chi connectivity index (χ1v) is 9.64. The van der Waals surface area contributed by atoms with Gasteiger partial charge in [-0.2, -0.15) is 18.2 Å². The first-order valence-electron chi connectivity index (χ1n) is 8.82. The van der Waals surface area contributed by atoms with Crippen LogP contribution in [0.25, 0.3) is 10.2 Å². The fourth-order valence-electron chi connectivity index (χ4n) is 2.77. The fraction of sp³-hybridized carbons (Fsp3) is 0.200. The number of amides is 2. The normalized spacial score (nSPS) is 12.1. The molecule has 0 unspecified atom stereocenters. The number of carbonyl (C=O) groups is 3. The van der Waals surface area contributed by atoms with E-state index in [1.54, 1.807) is 18.2 Å². The average molecular weight is 451 g/mol. The summed E-state index contributed by atoms with van der Waals surface area (Å²) in [5.74, 6) is -1.76. The molecule has 3 rings (SSSR count). The van der Waals surface area contributed by atoms with Crippen LogP contribution in [0, 0.1) is 0 Å². The first kappa shape index (κ1) is 22.2. The van der Waals surface area contributed by atoms with Crippen LogP contribution in [0.5, 0.6) is 0 Å². The van der Waals surface area contributed by atoms with Crippen molar-refractivity contribution in [1.82, 2.24) is 4.57 Å². The van der Waals surface area contributed by atoms with Gasteiger partial charge in [-0.25, -0.2) is 0 Å². The first-order chi connectivity index (χ1) is 14.6.